The van der Waals surface area contributed by atoms with E-state index < -0.39 is 24.0 Å². The highest BCUT2D eigenvalue weighted by Crippen LogP contribution is 2.37. The summed E-state index contributed by atoms with van der Waals surface area (Å²) < 4.78 is 29.8. The van der Waals surface area contributed by atoms with E-state index in [2.05, 4.69) is 10.4 Å². The van der Waals surface area contributed by atoms with Gasteiger partial charge in [0.25, 0.3) is 0 Å². The number of anilines is 1. The summed E-state index contributed by atoms with van der Waals surface area (Å²) in [5.41, 5.74) is 0.721. The van der Waals surface area contributed by atoms with E-state index in [1.54, 1.807) is 12.1 Å². The molecule has 0 unspecified atom stereocenters. The molecule has 0 fully saturated rings. The molecular weight excluding hydrogens is 393 g/mol. The number of carbonyl (C=O) groups excluding carboxylic acids is 1. The van der Waals surface area contributed by atoms with Gasteiger partial charge in [0.15, 0.2) is 11.5 Å². The number of amides is 1. The minimum atomic E-state index is -0.817. The molecule has 2 aromatic carbocycles. The Bertz CT molecular complexity index is 1090. The van der Waals surface area contributed by atoms with Gasteiger partial charge < -0.3 is 19.2 Å². The van der Waals surface area contributed by atoms with Crippen LogP contribution in [-0.2, 0) is 11.3 Å². The third kappa shape index (κ3) is 3.70. The average Bonchev–Trinajstić information content (AvgIpc) is 3.03. The quantitative estimate of drug-likeness (QED) is 0.717. The van der Waals surface area contributed by atoms with E-state index >= 15 is 0 Å². The first-order chi connectivity index (χ1) is 13.5. The summed E-state index contributed by atoms with van der Waals surface area (Å²) >= 11 is 6.15. The molecule has 0 atom stereocenters. The first-order valence-electron chi connectivity index (χ1n) is 8.22. The van der Waals surface area contributed by atoms with E-state index in [9.17, 15) is 14.0 Å². The molecule has 4 rings (SSSR count). The van der Waals surface area contributed by atoms with Crippen molar-refractivity contribution in [2.75, 3.05) is 18.5 Å². The molecule has 1 N–H and O–H groups in total. The second kappa shape index (κ2) is 7.35. The Balaban J connectivity index is 1.50. The van der Waals surface area contributed by atoms with Crippen molar-refractivity contribution in [2.24, 2.45) is 0 Å². The molecule has 2 heterocycles. The summed E-state index contributed by atoms with van der Waals surface area (Å²) in [6, 6.07) is 8.35. The molecule has 1 aliphatic rings. The number of fused-ring (bicyclic) bond motifs is 1. The normalized spacial score (nSPS) is 12.6. The highest BCUT2D eigenvalue weighted by molar-refractivity contribution is 6.34. The number of nitrogens with zero attached hydrogens (tertiary/aromatic N) is 2. The van der Waals surface area contributed by atoms with Crippen molar-refractivity contribution >= 4 is 23.2 Å². The largest absolute Gasteiger partial charge is 0.486 e. The molecule has 3 aromatic rings. The number of aromatic nitrogens is 2. The molecular formula is C18H13ClFN3O5. The zero-order valence-electron chi connectivity index (χ0n) is 14.3. The number of benzene rings is 2. The smallest absolute Gasteiger partial charge is 0.437 e. The Morgan fingerprint density at radius 1 is 1.18 bits per heavy atom. The van der Waals surface area contributed by atoms with E-state index in [-0.39, 0.29) is 10.9 Å². The van der Waals surface area contributed by atoms with Gasteiger partial charge in [-0.25, -0.2) is 9.18 Å². The Labute approximate surface area is 162 Å². The van der Waals surface area contributed by atoms with E-state index in [4.69, 9.17) is 25.5 Å². The Kier molecular flexibility index (Phi) is 4.74. The zero-order valence-corrected chi connectivity index (χ0v) is 15.0. The number of hydrogen-bond acceptors (Lipinski definition) is 6. The first-order valence-corrected chi connectivity index (χ1v) is 8.60. The lowest BCUT2D eigenvalue weighted by molar-refractivity contribution is -0.117. The van der Waals surface area contributed by atoms with Crippen LogP contribution in [-0.4, -0.2) is 28.9 Å². The molecule has 1 aromatic heterocycles. The summed E-state index contributed by atoms with van der Waals surface area (Å²) in [5, 5.41) is 6.82. The highest BCUT2D eigenvalue weighted by atomic mass is 35.5. The minimum Gasteiger partial charge on any atom is -0.486 e. The van der Waals surface area contributed by atoms with Gasteiger partial charge in [-0.15, -0.1) is 5.10 Å². The molecule has 0 bridgehead atoms. The van der Waals surface area contributed by atoms with E-state index in [1.807, 2.05) is 0 Å². The van der Waals surface area contributed by atoms with Gasteiger partial charge in [0.1, 0.15) is 25.6 Å². The molecule has 0 saturated carbocycles. The van der Waals surface area contributed by atoms with Gasteiger partial charge in [-0.2, -0.15) is 4.68 Å². The summed E-state index contributed by atoms with van der Waals surface area (Å²) in [6.07, 6.45) is 0. The monoisotopic (exact) mass is 405 g/mol. The van der Waals surface area contributed by atoms with Gasteiger partial charge >= 0.3 is 5.76 Å². The van der Waals surface area contributed by atoms with Crippen molar-refractivity contribution in [1.29, 1.82) is 0 Å². The highest BCUT2D eigenvalue weighted by Gasteiger charge is 2.18. The van der Waals surface area contributed by atoms with Gasteiger partial charge in [0, 0.05) is 17.7 Å². The van der Waals surface area contributed by atoms with Crippen LogP contribution in [0.2, 0.25) is 5.02 Å². The van der Waals surface area contributed by atoms with Crippen molar-refractivity contribution in [3.63, 3.8) is 0 Å². The maximum atomic E-state index is 13.0. The van der Waals surface area contributed by atoms with Crippen LogP contribution in [0.15, 0.2) is 45.6 Å². The molecule has 10 heteroatoms. The lowest BCUT2D eigenvalue weighted by Crippen LogP contribution is -2.26. The second-order valence-electron chi connectivity index (χ2n) is 5.86. The van der Waals surface area contributed by atoms with Gasteiger partial charge in [0.2, 0.25) is 11.8 Å². The third-order valence-corrected chi connectivity index (χ3v) is 4.21. The maximum absolute atomic E-state index is 13.0. The molecule has 0 aliphatic carbocycles. The fraction of sp³-hybridized carbons (Fsp3) is 0.167. The molecule has 0 spiro atoms. The standard InChI is InChI=1S/C18H13ClFN3O5/c19-12-7-14-15(27-6-5-26-14)8-13(12)21-16(24)9-23-18(25)28-17(22-23)10-1-3-11(20)4-2-10/h1-4,7-8H,5-6,9H2,(H,21,24). The number of rotatable bonds is 4. The SMILES string of the molecule is O=C(Cn1nc(-c2ccc(F)cc2)oc1=O)Nc1cc2c(cc1Cl)OCCO2. The van der Waals surface area contributed by atoms with Gasteiger partial charge in [-0.05, 0) is 24.3 Å². The Morgan fingerprint density at radius 3 is 2.57 bits per heavy atom. The van der Waals surface area contributed by atoms with E-state index in [0.29, 0.717) is 36.0 Å². The van der Waals surface area contributed by atoms with E-state index in [1.165, 1.54) is 24.3 Å². The van der Waals surface area contributed by atoms with Crippen LogP contribution in [0.5, 0.6) is 11.5 Å². The van der Waals surface area contributed by atoms with Crippen LogP contribution < -0.4 is 20.5 Å². The van der Waals surface area contributed by atoms with Crippen LogP contribution in [0.1, 0.15) is 0 Å². The summed E-state index contributed by atoms with van der Waals surface area (Å²) in [6.45, 7) is 0.414. The van der Waals surface area contributed by atoms with Gasteiger partial charge in [-0.3, -0.25) is 4.79 Å². The lowest BCUT2D eigenvalue weighted by Gasteiger charge is -2.19. The summed E-state index contributed by atoms with van der Waals surface area (Å²) in [7, 11) is 0. The van der Waals surface area contributed by atoms with Crippen LogP contribution >= 0.6 is 11.6 Å². The van der Waals surface area contributed by atoms with Crippen molar-refractivity contribution in [1.82, 2.24) is 9.78 Å². The van der Waals surface area contributed by atoms with Crippen LogP contribution in [0.25, 0.3) is 11.5 Å². The summed E-state index contributed by atoms with van der Waals surface area (Å²) in [5.74, 6) is -0.854. The van der Waals surface area contributed by atoms with Crippen LogP contribution in [0.3, 0.4) is 0 Å². The topological polar surface area (TPSA) is 95.6 Å². The van der Waals surface area contributed by atoms with Crippen molar-refractivity contribution < 1.29 is 23.1 Å². The molecule has 0 radical (unpaired) electrons. The number of hydrogen-bond donors (Lipinski definition) is 1. The average molecular weight is 406 g/mol. The Hall–Kier alpha value is -3.33. The van der Waals surface area contributed by atoms with Crippen molar-refractivity contribution in [2.45, 2.75) is 6.54 Å². The maximum Gasteiger partial charge on any atom is 0.437 e. The molecule has 0 saturated heterocycles. The minimum absolute atomic E-state index is 0.0184. The predicted molar refractivity (Wildman–Crippen MR) is 97.2 cm³/mol. The second-order valence-corrected chi connectivity index (χ2v) is 6.27. The molecule has 1 amide bonds. The fourth-order valence-electron chi connectivity index (χ4n) is 2.60. The van der Waals surface area contributed by atoms with Crippen LogP contribution in [0.4, 0.5) is 10.1 Å². The van der Waals surface area contributed by atoms with Crippen molar-refractivity contribution in [3.05, 3.63) is 57.8 Å². The Morgan fingerprint density at radius 2 is 1.86 bits per heavy atom. The first kappa shape index (κ1) is 18.1. The van der Waals surface area contributed by atoms with Crippen molar-refractivity contribution in [3.8, 4) is 23.0 Å². The number of nitrogens with one attached hydrogen (secondary N) is 1. The van der Waals surface area contributed by atoms with E-state index in [0.717, 1.165) is 4.68 Å². The van der Waals surface area contributed by atoms with Gasteiger partial charge in [-0.1, -0.05) is 11.6 Å². The number of ether oxygens (including phenoxy) is 2. The van der Waals surface area contributed by atoms with Crippen LogP contribution in [0, 0.1) is 5.82 Å². The molecule has 144 valence electrons. The lowest BCUT2D eigenvalue weighted by atomic mass is 10.2. The summed E-state index contributed by atoms with van der Waals surface area (Å²) in [4.78, 5) is 24.3. The molecule has 1 aliphatic heterocycles. The zero-order chi connectivity index (χ0) is 19.7. The fourth-order valence-corrected chi connectivity index (χ4v) is 2.80. The number of halogens is 2. The van der Waals surface area contributed by atoms with Gasteiger partial charge in [0.05, 0.1) is 10.7 Å². The number of carbonyl (C=O) groups is 1. The molecule has 28 heavy (non-hydrogen) atoms. The molecule has 8 nitrogen and oxygen atoms in total. The predicted octanol–water partition coefficient (Wildman–Crippen LogP) is 2.71. The third-order valence-electron chi connectivity index (χ3n) is 3.90.